The molecule has 0 spiro atoms. The maximum absolute atomic E-state index is 14.6. The molecule has 0 aromatic heterocycles. The topological polar surface area (TPSA) is 191 Å². The zero-order valence-corrected chi connectivity index (χ0v) is 39.7. The predicted octanol–water partition coefficient (Wildman–Crippen LogP) is 8.44. The SMILES string of the molecule is C=C(C)[C@@H]1CC[C@]2(C(=O)NCCCCCCCC(=O)N[C@@H](CCC(N)=O)C(=O)OC)CC[C@]3(C)[C@H](CC[C@@H]4[C@@]5(C)CC[C@H](OC(=O)CC(C)(C)C(=O)O)C(C)(C)[C@@H]5CC[C@]43C)[C@@H]12. The highest BCUT2D eigenvalue weighted by molar-refractivity contribution is 5.85. The lowest BCUT2D eigenvalue weighted by Gasteiger charge is -2.72. The van der Waals surface area contributed by atoms with E-state index in [1.165, 1.54) is 12.7 Å². The highest BCUT2D eigenvalue weighted by atomic mass is 16.5. The maximum Gasteiger partial charge on any atom is 0.328 e. The summed E-state index contributed by atoms with van der Waals surface area (Å²) in [5, 5.41) is 15.7. The first-order valence-corrected chi connectivity index (χ1v) is 23.9. The third-order valence-corrected chi connectivity index (χ3v) is 18.3. The third-order valence-electron chi connectivity index (χ3n) is 18.3. The summed E-state index contributed by atoms with van der Waals surface area (Å²) < 4.78 is 10.9. The van der Waals surface area contributed by atoms with Gasteiger partial charge in [-0.1, -0.05) is 66.0 Å². The van der Waals surface area contributed by atoms with Crippen LogP contribution in [0.3, 0.4) is 0 Å². The number of primary amides is 1. The molecule has 0 heterocycles. The van der Waals surface area contributed by atoms with Gasteiger partial charge >= 0.3 is 17.9 Å². The molecule has 5 N–H and O–H groups in total. The van der Waals surface area contributed by atoms with Crippen molar-refractivity contribution in [3.05, 3.63) is 12.2 Å². The van der Waals surface area contributed by atoms with Gasteiger partial charge in [0, 0.05) is 24.8 Å². The summed E-state index contributed by atoms with van der Waals surface area (Å²) in [6, 6.07) is -0.888. The van der Waals surface area contributed by atoms with Gasteiger partial charge in [0.25, 0.3) is 0 Å². The van der Waals surface area contributed by atoms with Crippen molar-refractivity contribution in [3.8, 4) is 0 Å². The summed E-state index contributed by atoms with van der Waals surface area (Å²) in [7, 11) is 1.24. The van der Waals surface area contributed by atoms with Crippen LogP contribution in [0.4, 0.5) is 0 Å². The standard InChI is InChI=1S/C50H81N3O9/c1-31(2)32-21-26-50(43(58)52-29-15-13-11-12-14-16-39(55)53-34(42(57)61-10)18-20-38(51)54)28-27-48(8)33(41(32)50)17-19-36-47(7)24-23-37(62-40(56)30-45(3,4)44(59)60)46(5,6)35(47)22-25-49(36,48)9/h32-37,41H,1,11-30H2,2-10H3,(H2,51,54)(H,52,58)(H,53,55)(H,59,60)/t32-,33+,34-,35-,36+,37-,41+,47-,48+,49+,50-/m0/s1. The smallest absolute Gasteiger partial charge is 0.328 e. The molecule has 0 bridgehead atoms. The van der Waals surface area contributed by atoms with Crippen molar-refractivity contribution in [2.75, 3.05) is 13.7 Å². The molecule has 5 rings (SSSR count). The monoisotopic (exact) mass is 868 g/mol. The lowest BCUT2D eigenvalue weighted by molar-refractivity contribution is -0.249. The fourth-order valence-corrected chi connectivity index (χ4v) is 14.6. The number of carboxylic acids is 1. The van der Waals surface area contributed by atoms with E-state index in [2.05, 4.69) is 58.8 Å². The molecule has 62 heavy (non-hydrogen) atoms. The maximum atomic E-state index is 14.6. The molecule has 350 valence electrons. The lowest BCUT2D eigenvalue weighted by Crippen LogP contribution is -2.67. The molecule has 12 nitrogen and oxygen atoms in total. The molecule has 12 heteroatoms. The zero-order valence-electron chi connectivity index (χ0n) is 39.7. The number of methoxy groups -OCH3 is 1. The number of ether oxygens (including phenoxy) is 2. The van der Waals surface area contributed by atoms with Gasteiger partial charge in [-0.3, -0.25) is 24.0 Å². The van der Waals surface area contributed by atoms with Crippen LogP contribution in [0.25, 0.3) is 0 Å². The summed E-state index contributed by atoms with van der Waals surface area (Å²) in [5.41, 5.74) is 4.88. The van der Waals surface area contributed by atoms with Crippen molar-refractivity contribution in [1.82, 2.24) is 10.6 Å². The molecule has 5 aliphatic carbocycles. The fraction of sp³-hybridized carbons (Fsp3) is 0.840. The summed E-state index contributed by atoms with van der Waals surface area (Å²) in [6.07, 6.45) is 14.3. The van der Waals surface area contributed by atoms with Gasteiger partial charge < -0.3 is 30.9 Å². The number of hydrogen-bond donors (Lipinski definition) is 4. The molecule has 0 aromatic carbocycles. The average molecular weight is 868 g/mol. The average Bonchev–Trinajstić information content (AvgIpc) is 3.59. The van der Waals surface area contributed by atoms with Crippen LogP contribution in [0.5, 0.6) is 0 Å². The van der Waals surface area contributed by atoms with E-state index in [4.69, 9.17) is 15.2 Å². The number of rotatable bonds is 19. The van der Waals surface area contributed by atoms with E-state index in [9.17, 15) is 33.9 Å². The molecule has 0 aliphatic heterocycles. The summed E-state index contributed by atoms with van der Waals surface area (Å²) in [6.45, 7) is 22.7. The summed E-state index contributed by atoms with van der Waals surface area (Å²) in [4.78, 5) is 75.2. The normalized spacial score (nSPS) is 35.1. The summed E-state index contributed by atoms with van der Waals surface area (Å²) in [5.74, 6) is -0.657. The summed E-state index contributed by atoms with van der Waals surface area (Å²) >= 11 is 0. The second-order valence-electron chi connectivity index (χ2n) is 22.5. The number of hydrogen-bond acceptors (Lipinski definition) is 8. The number of allylic oxidation sites excluding steroid dienone is 1. The molecular weight excluding hydrogens is 787 g/mol. The van der Waals surface area contributed by atoms with Crippen LogP contribution in [0.15, 0.2) is 12.2 Å². The van der Waals surface area contributed by atoms with Gasteiger partial charge in [-0.15, -0.1) is 0 Å². The minimum atomic E-state index is -1.17. The Hall–Kier alpha value is -3.44. The number of carboxylic acid groups (broad SMARTS) is 1. The third kappa shape index (κ3) is 9.36. The minimum Gasteiger partial charge on any atom is -0.481 e. The van der Waals surface area contributed by atoms with Gasteiger partial charge in [0.15, 0.2) is 0 Å². The van der Waals surface area contributed by atoms with E-state index in [0.717, 1.165) is 89.9 Å². The first-order valence-electron chi connectivity index (χ1n) is 23.9. The number of nitrogens with two attached hydrogens (primary N) is 1. The Balaban J connectivity index is 1.19. The molecule has 0 aromatic rings. The molecule has 5 saturated carbocycles. The van der Waals surface area contributed by atoms with E-state index in [-0.39, 0.29) is 76.6 Å². The van der Waals surface area contributed by atoms with Crippen LogP contribution >= 0.6 is 0 Å². The Morgan fingerprint density at radius 3 is 2.15 bits per heavy atom. The number of amides is 3. The second kappa shape index (κ2) is 19.0. The quantitative estimate of drug-likeness (QED) is 0.0561. The van der Waals surface area contributed by atoms with Crippen LogP contribution in [-0.2, 0) is 38.2 Å². The van der Waals surface area contributed by atoms with E-state index in [1.807, 2.05) is 0 Å². The van der Waals surface area contributed by atoms with Crippen molar-refractivity contribution < 1.29 is 43.3 Å². The molecule has 0 unspecified atom stereocenters. The van der Waals surface area contributed by atoms with E-state index < -0.39 is 35.3 Å². The predicted molar refractivity (Wildman–Crippen MR) is 238 cm³/mol. The molecule has 3 amide bonds. The Labute approximate surface area is 371 Å². The Morgan fingerprint density at radius 1 is 0.823 bits per heavy atom. The largest absolute Gasteiger partial charge is 0.481 e. The zero-order chi connectivity index (χ0) is 46.1. The van der Waals surface area contributed by atoms with Gasteiger partial charge in [-0.2, -0.15) is 0 Å². The van der Waals surface area contributed by atoms with Crippen LogP contribution in [-0.4, -0.2) is 66.5 Å². The number of unbranched alkanes of at least 4 members (excludes halogenated alkanes) is 4. The van der Waals surface area contributed by atoms with Crippen molar-refractivity contribution in [3.63, 3.8) is 0 Å². The number of aliphatic carboxylic acids is 1. The molecule has 0 saturated heterocycles. The van der Waals surface area contributed by atoms with Gasteiger partial charge in [0.1, 0.15) is 12.1 Å². The lowest BCUT2D eigenvalue weighted by atomic mass is 9.32. The van der Waals surface area contributed by atoms with Crippen molar-refractivity contribution in [1.29, 1.82) is 0 Å². The number of esters is 2. The number of carbonyl (C=O) groups excluding carboxylic acids is 5. The van der Waals surface area contributed by atoms with Gasteiger partial charge in [0.2, 0.25) is 17.7 Å². The number of nitrogens with one attached hydrogen (secondary N) is 2. The van der Waals surface area contributed by atoms with Gasteiger partial charge in [-0.05, 0) is 150 Å². The highest BCUT2D eigenvalue weighted by Crippen LogP contribution is 2.77. The van der Waals surface area contributed by atoms with Crippen LogP contribution in [0, 0.1) is 62.1 Å². The Kier molecular flexibility index (Phi) is 15.2. The van der Waals surface area contributed by atoms with Gasteiger partial charge in [-0.25, -0.2) is 4.79 Å². The molecule has 11 atom stereocenters. The number of fused-ring (bicyclic) bond motifs is 7. The van der Waals surface area contributed by atoms with Crippen molar-refractivity contribution in [2.45, 2.75) is 190 Å². The molecule has 5 aliphatic rings. The van der Waals surface area contributed by atoms with Crippen LogP contribution < -0.4 is 16.4 Å². The van der Waals surface area contributed by atoms with Crippen molar-refractivity contribution >= 4 is 35.6 Å². The Bertz CT molecular complexity index is 1730. The first-order chi connectivity index (χ1) is 28.9. The Morgan fingerprint density at radius 2 is 1.50 bits per heavy atom. The van der Waals surface area contributed by atoms with Crippen LogP contribution in [0.1, 0.15) is 177 Å². The molecular formula is C50H81N3O9. The number of carbonyl (C=O) groups is 6. The minimum absolute atomic E-state index is 0.0177. The fourth-order valence-electron chi connectivity index (χ4n) is 14.6. The van der Waals surface area contributed by atoms with E-state index in [0.29, 0.717) is 36.6 Å². The second-order valence-corrected chi connectivity index (χ2v) is 22.5. The van der Waals surface area contributed by atoms with Crippen molar-refractivity contribution in [2.24, 2.45) is 67.8 Å². The van der Waals surface area contributed by atoms with E-state index in [1.54, 1.807) is 13.8 Å². The molecule has 5 fully saturated rings. The van der Waals surface area contributed by atoms with Crippen LogP contribution in [0.2, 0.25) is 0 Å². The van der Waals surface area contributed by atoms with E-state index >= 15 is 0 Å². The van der Waals surface area contributed by atoms with Gasteiger partial charge in [0.05, 0.1) is 24.4 Å². The highest BCUT2D eigenvalue weighted by Gasteiger charge is 2.72. The molecule has 0 radical (unpaired) electrons. The first kappa shape index (κ1) is 49.6.